The zero-order valence-electron chi connectivity index (χ0n) is 13.7. The summed E-state index contributed by atoms with van der Waals surface area (Å²) in [6.45, 7) is 2.50. The molecule has 0 N–H and O–H groups in total. The van der Waals surface area contributed by atoms with E-state index in [4.69, 9.17) is 0 Å². The van der Waals surface area contributed by atoms with Gasteiger partial charge in [-0.25, -0.2) is 0 Å². The van der Waals surface area contributed by atoms with Gasteiger partial charge in [0.1, 0.15) is 0 Å². The molecule has 4 rings (SSSR count). The standard InChI is InChI=1S/C21H30/c1-15-17-11-5-7-13-19(17)21(16-9-3-2-4-10-16)20-14-8-6-12-18(15)20/h11,15-16H,2-10,12-14H2,1H3. The highest BCUT2D eigenvalue weighted by atomic mass is 14.4. The molecule has 21 heavy (non-hydrogen) atoms. The quantitative estimate of drug-likeness (QED) is 0.515. The highest BCUT2D eigenvalue weighted by Crippen LogP contribution is 2.51. The third kappa shape index (κ3) is 2.35. The lowest BCUT2D eigenvalue weighted by Crippen LogP contribution is -2.25. The average Bonchev–Trinajstić information content (AvgIpc) is 2.56. The molecule has 114 valence electrons. The number of hydrogen-bond donors (Lipinski definition) is 0. The third-order valence-corrected chi connectivity index (χ3v) is 6.51. The van der Waals surface area contributed by atoms with E-state index < -0.39 is 0 Å². The van der Waals surface area contributed by atoms with Crippen LogP contribution in [0.4, 0.5) is 0 Å². The Morgan fingerprint density at radius 1 is 0.810 bits per heavy atom. The summed E-state index contributed by atoms with van der Waals surface area (Å²) in [5.74, 6) is 1.65. The molecular weight excluding hydrogens is 252 g/mol. The molecule has 0 heterocycles. The van der Waals surface area contributed by atoms with Gasteiger partial charge in [0, 0.05) is 5.92 Å². The minimum Gasteiger partial charge on any atom is -0.0804 e. The Morgan fingerprint density at radius 2 is 1.57 bits per heavy atom. The lowest BCUT2D eigenvalue weighted by atomic mass is 9.64. The van der Waals surface area contributed by atoms with Gasteiger partial charge in [-0.15, -0.1) is 0 Å². The van der Waals surface area contributed by atoms with E-state index in [9.17, 15) is 0 Å². The molecule has 0 aromatic heterocycles. The molecule has 0 heteroatoms. The maximum absolute atomic E-state index is 2.60. The van der Waals surface area contributed by atoms with Gasteiger partial charge in [-0.2, -0.15) is 0 Å². The van der Waals surface area contributed by atoms with E-state index in [2.05, 4.69) is 13.0 Å². The minimum absolute atomic E-state index is 0.739. The maximum atomic E-state index is 2.60. The monoisotopic (exact) mass is 282 g/mol. The molecule has 4 aliphatic carbocycles. The predicted octanol–water partition coefficient (Wildman–Crippen LogP) is 6.49. The Hall–Kier alpha value is -0.780. The van der Waals surface area contributed by atoms with Crippen molar-refractivity contribution in [1.82, 2.24) is 0 Å². The van der Waals surface area contributed by atoms with Crippen molar-refractivity contribution in [3.05, 3.63) is 33.9 Å². The molecule has 0 aliphatic heterocycles. The van der Waals surface area contributed by atoms with Gasteiger partial charge in [0.25, 0.3) is 0 Å². The first-order chi connectivity index (χ1) is 10.4. The summed E-state index contributed by atoms with van der Waals surface area (Å²) in [5, 5.41) is 0. The highest BCUT2D eigenvalue weighted by molar-refractivity contribution is 5.57. The summed E-state index contributed by atoms with van der Waals surface area (Å²) in [7, 11) is 0. The van der Waals surface area contributed by atoms with E-state index in [1.807, 2.05) is 22.3 Å². The van der Waals surface area contributed by atoms with Gasteiger partial charge in [0.15, 0.2) is 0 Å². The molecule has 0 aromatic rings. The third-order valence-electron chi connectivity index (χ3n) is 6.51. The summed E-state index contributed by atoms with van der Waals surface area (Å²) >= 11 is 0. The normalized spacial score (nSPS) is 30.9. The summed E-state index contributed by atoms with van der Waals surface area (Å²) in [6, 6.07) is 0. The van der Waals surface area contributed by atoms with Crippen molar-refractivity contribution in [2.75, 3.05) is 0 Å². The van der Waals surface area contributed by atoms with Crippen LogP contribution in [0.5, 0.6) is 0 Å². The van der Waals surface area contributed by atoms with Crippen LogP contribution in [-0.4, -0.2) is 0 Å². The summed E-state index contributed by atoms with van der Waals surface area (Å²) in [5.41, 5.74) is 9.16. The zero-order chi connectivity index (χ0) is 14.2. The van der Waals surface area contributed by atoms with Crippen LogP contribution >= 0.6 is 0 Å². The smallest absolute Gasteiger partial charge is 0.00254 e. The van der Waals surface area contributed by atoms with Crippen LogP contribution in [-0.2, 0) is 0 Å². The second-order valence-electron chi connectivity index (χ2n) is 7.71. The van der Waals surface area contributed by atoms with Gasteiger partial charge in [-0.05, 0) is 86.0 Å². The van der Waals surface area contributed by atoms with E-state index >= 15 is 0 Å². The van der Waals surface area contributed by atoms with Gasteiger partial charge in [0.2, 0.25) is 0 Å². The van der Waals surface area contributed by atoms with Gasteiger partial charge < -0.3 is 0 Å². The van der Waals surface area contributed by atoms with Crippen LogP contribution in [0.15, 0.2) is 33.9 Å². The number of hydrogen-bond acceptors (Lipinski definition) is 0. The van der Waals surface area contributed by atoms with Crippen LogP contribution < -0.4 is 0 Å². The van der Waals surface area contributed by atoms with Crippen molar-refractivity contribution >= 4 is 0 Å². The first-order valence-corrected chi connectivity index (χ1v) is 9.52. The molecule has 4 aliphatic rings. The second kappa shape index (κ2) is 5.78. The SMILES string of the molecule is CC1C2=CCCCC2=C(C2CCCCC2)C2=C1CCCC2. The maximum Gasteiger partial charge on any atom is 0.00254 e. The number of rotatable bonds is 1. The Morgan fingerprint density at radius 3 is 2.43 bits per heavy atom. The summed E-state index contributed by atoms with van der Waals surface area (Å²) in [4.78, 5) is 0. The highest BCUT2D eigenvalue weighted by Gasteiger charge is 2.35. The van der Waals surface area contributed by atoms with Crippen LogP contribution in [0.3, 0.4) is 0 Å². The Bertz CT molecular complexity index is 508. The van der Waals surface area contributed by atoms with Crippen LogP contribution in [0, 0.1) is 11.8 Å². The van der Waals surface area contributed by atoms with Crippen molar-refractivity contribution in [3.63, 3.8) is 0 Å². The fourth-order valence-electron chi connectivity index (χ4n) is 5.50. The first kappa shape index (κ1) is 13.9. The van der Waals surface area contributed by atoms with Crippen LogP contribution in [0.25, 0.3) is 0 Å². The lowest BCUT2D eigenvalue weighted by Gasteiger charge is -2.41. The summed E-state index contributed by atoms with van der Waals surface area (Å²) in [6.07, 6.45) is 19.7. The van der Waals surface area contributed by atoms with Crippen molar-refractivity contribution in [1.29, 1.82) is 0 Å². The Kier molecular flexibility index (Phi) is 3.81. The van der Waals surface area contributed by atoms with Crippen molar-refractivity contribution in [3.8, 4) is 0 Å². The van der Waals surface area contributed by atoms with E-state index in [0.29, 0.717) is 0 Å². The lowest BCUT2D eigenvalue weighted by molar-refractivity contribution is 0.395. The fourth-order valence-corrected chi connectivity index (χ4v) is 5.50. The van der Waals surface area contributed by atoms with Gasteiger partial charge in [-0.1, -0.05) is 37.8 Å². The molecule has 1 saturated carbocycles. The molecule has 0 spiro atoms. The van der Waals surface area contributed by atoms with Crippen molar-refractivity contribution < 1.29 is 0 Å². The fraction of sp³-hybridized carbons (Fsp3) is 0.714. The van der Waals surface area contributed by atoms with E-state index in [1.54, 1.807) is 5.57 Å². The minimum atomic E-state index is 0.739. The van der Waals surface area contributed by atoms with Gasteiger partial charge in [0.05, 0.1) is 0 Å². The Labute approximate surface area is 130 Å². The average molecular weight is 282 g/mol. The second-order valence-corrected chi connectivity index (χ2v) is 7.71. The molecule has 0 nitrogen and oxygen atoms in total. The number of allylic oxidation sites excluding steroid dienone is 6. The zero-order valence-corrected chi connectivity index (χ0v) is 13.7. The van der Waals surface area contributed by atoms with Gasteiger partial charge in [-0.3, -0.25) is 0 Å². The molecule has 1 atom stereocenters. The molecule has 1 fully saturated rings. The molecule has 0 saturated heterocycles. The molecule has 0 aromatic carbocycles. The molecular formula is C21H30. The first-order valence-electron chi connectivity index (χ1n) is 9.52. The molecule has 1 unspecified atom stereocenters. The largest absolute Gasteiger partial charge is 0.0804 e. The van der Waals surface area contributed by atoms with E-state index in [1.165, 1.54) is 77.0 Å². The van der Waals surface area contributed by atoms with E-state index in [0.717, 1.165) is 11.8 Å². The molecule has 0 radical (unpaired) electrons. The van der Waals surface area contributed by atoms with Crippen molar-refractivity contribution in [2.45, 2.75) is 84.0 Å². The van der Waals surface area contributed by atoms with Crippen LogP contribution in [0.2, 0.25) is 0 Å². The summed E-state index contributed by atoms with van der Waals surface area (Å²) < 4.78 is 0. The molecule has 0 amide bonds. The number of fused-ring (bicyclic) bond motifs is 1. The van der Waals surface area contributed by atoms with E-state index in [-0.39, 0.29) is 0 Å². The predicted molar refractivity (Wildman–Crippen MR) is 90.2 cm³/mol. The van der Waals surface area contributed by atoms with Crippen molar-refractivity contribution in [2.24, 2.45) is 11.8 Å². The topological polar surface area (TPSA) is 0 Å². The van der Waals surface area contributed by atoms with Gasteiger partial charge >= 0.3 is 0 Å². The van der Waals surface area contributed by atoms with Crippen LogP contribution in [0.1, 0.15) is 84.0 Å². The Balaban J connectivity index is 1.82. The molecule has 0 bridgehead atoms.